The number of ether oxygens (including phenoxy) is 2. The van der Waals surface area contributed by atoms with Crippen LogP contribution in [0.25, 0.3) is 27.4 Å². The van der Waals surface area contributed by atoms with Crippen molar-refractivity contribution in [3.63, 3.8) is 0 Å². The van der Waals surface area contributed by atoms with Gasteiger partial charge in [-0.15, -0.1) is 0 Å². The lowest BCUT2D eigenvalue weighted by atomic mass is 10.1. The number of rotatable bonds is 9. The highest BCUT2D eigenvalue weighted by molar-refractivity contribution is 5.88. The summed E-state index contributed by atoms with van der Waals surface area (Å²) in [6, 6.07) is 8.19. The minimum absolute atomic E-state index is 0.0100. The van der Waals surface area contributed by atoms with Crippen molar-refractivity contribution in [3.05, 3.63) is 100 Å². The monoisotopic (exact) mass is 587 g/mol. The van der Waals surface area contributed by atoms with Crippen LogP contribution in [0.5, 0.6) is 5.88 Å². The van der Waals surface area contributed by atoms with Gasteiger partial charge >= 0.3 is 5.97 Å². The largest absolute Gasteiger partial charge is 0.477 e. The van der Waals surface area contributed by atoms with E-state index in [2.05, 4.69) is 29.8 Å². The van der Waals surface area contributed by atoms with Gasteiger partial charge in [-0.25, -0.2) is 33.4 Å². The van der Waals surface area contributed by atoms with Gasteiger partial charge < -0.3 is 19.1 Å². The Balaban J connectivity index is 1.25. The average molecular weight is 588 g/mol. The number of benzene rings is 1. The molecule has 1 saturated heterocycles. The van der Waals surface area contributed by atoms with Crippen molar-refractivity contribution < 1.29 is 32.5 Å². The van der Waals surface area contributed by atoms with E-state index in [1.807, 2.05) is 0 Å². The Labute approximate surface area is 241 Å². The lowest BCUT2D eigenvalue weighted by Gasteiger charge is -2.27. The second kappa shape index (κ2) is 11.5. The highest BCUT2D eigenvalue weighted by atomic mass is 19.1. The molecule has 1 aromatic carbocycles. The fraction of sp³-hybridized carbons (Fsp3) is 0.207. The predicted molar refractivity (Wildman–Crippen MR) is 144 cm³/mol. The first-order chi connectivity index (χ1) is 20.8. The van der Waals surface area contributed by atoms with Crippen LogP contribution in [-0.2, 0) is 24.3 Å². The third-order valence-electron chi connectivity index (χ3n) is 6.82. The lowest BCUT2D eigenvalue weighted by Crippen LogP contribution is -2.32. The summed E-state index contributed by atoms with van der Waals surface area (Å²) in [6.07, 6.45) is 2.83. The number of pyridine rings is 2. The molecule has 14 heteroatoms. The van der Waals surface area contributed by atoms with E-state index in [4.69, 9.17) is 16.0 Å². The van der Waals surface area contributed by atoms with Gasteiger partial charge in [-0.05, 0) is 36.2 Å². The Morgan fingerprint density at radius 2 is 1.91 bits per heavy atom. The molecule has 1 fully saturated rings. The van der Waals surface area contributed by atoms with Crippen LogP contribution in [0.4, 0.5) is 18.9 Å². The molecule has 1 atom stereocenters. The molecule has 5 heterocycles. The van der Waals surface area contributed by atoms with E-state index in [1.165, 1.54) is 24.4 Å². The van der Waals surface area contributed by atoms with E-state index >= 15 is 4.39 Å². The van der Waals surface area contributed by atoms with Crippen molar-refractivity contribution >= 4 is 22.8 Å². The zero-order chi connectivity index (χ0) is 30.1. The van der Waals surface area contributed by atoms with Crippen LogP contribution in [0, 0.1) is 24.0 Å². The van der Waals surface area contributed by atoms with Gasteiger partial charge in [0.25, 0.3) is 5.88 Å². The predicted octanol–water partition coefficient (Wildman–Crippen LogP) is 4.91. The molecule has 0 bridgehead atoms. The summed E-state index contributed by atoms with van der Waals surface area (Å²) in [4.78, 5) is 35.2. The van der Waals surface area contributed by atoms with Crippen molar-refractivity contribution in [3.8, 4) is 17.3 Å². The van der Waals surface area contributed by atoms with E-state index in [0.717, 1.165) is 18.7 Å². The van der Waals surface area contributed by atoms with Gasteiger partial charge in [0.2, 0.25) is 11.5 Å². The van der Waals surface area contributed by atoms with Crippen LogP contribution in [0.2, 0.25) is 0 Å². The average Bonchev–Trinajstić information content (AvgIpc) is 3.31. The van der Waals surface area contributed by atoms with Crippen molar-refractivity contribution in [2.45, 2.75) is 32.1 Å². The van der Waals surface area contributed by atoms with Gasteiger partial charge in [0.1, 0.15) is 35.3 Å². The Bertz CT molecular complexity index is 1920. The Morgan fingerprint density at radius 1 is 1.07 bits per heavy atom. The highest BCUT2D eigenvalue weighted by Gasteiger charge is 2.24. The van der Waals surface area contributed by atoms with Crippen LogP contribution in [0.3, 0.4) is 0 Å². The molecule has 11 nitrogen and oxygen atoms in total. The van der Waals surface area contributed by atoms with Crippen molar-refractivity contribution in [1.29, 1.82) is 0 Å². The minimum atomic E-state index is -1.17. The molecule has 0 amide bonds. The van der Waals surface area contributed by atoms with Gasteiger partial charge in [0.05, 0.1) is 25.4 Å². The number of carboxylic acid groups (broad SMARTS) is 1. The molecule has 0 unspecified atom stereocenters. The molecule has 43 heavy (non-hydrogen) atoms. The number of aromatic carboxylic acids is 1. The molecule has 0 spiro atoms. The lowest BCUT2D eigenvalue weighted by molar-refractivity contribution is -0.0590. The molecule has 5 aromatic rings. The molecule has 1 aliphatic heterocycles. The third-order valence-corrected chi connectivity index (χ3v) is 6.82. The maximum atomic E-state index is 15.4. The van der Waals surface area contributed by atoms with Crippen LogP contribution in [0.15, 0.2) is 48.8 Å². The zero-order valence-electron chi connectivity index (χ0n) is 22.2. The number of hydrogen-bond acceptors (Lipinski definition) is 8. The molecular weight excluding hydrogens is 567 g/mol. The SMILES string of the molecule is [C-]#[N+]c1cnc(COc2nc(-c3ccc(Cc4nc5ccc(C(=O)O)nc5n4C[C@@H]4CCO4)c(F)c3)ncc2F)c(F)c1. The normalized spacial score (nSPS) is 14.3. The summed E-state index contributed by atoms with van der Waals surface area (Å²) in [7, 11) is 0. The van der Waals surface area contributed by atoms with E-state index < -0.39 is 35.9 Å². The third kappa shape index (κ3) is 5.70. The fourth-order valence-corrected chi connectivity index (χ4v) is 4.48. The van der Waals surface area contributed by atoms with Crippen LogP contribution >= 0.6 is 0 Å². The summed E-state index contributed by atoms with van der Waals surface area (Å²) >= 11 is 0. The number of aromatic nitrogens is 6. The first-order valence-electron chi connectivity index (χ1n) is 13.0. The van der Waals surface area contributed by atoms with Gasteiger partial charge in [-0.2, -0.15) is 9.37 Å². The number of carbonyl (C=O) groups is 1. The minimum Gasteiger partial charge on any atom is -0.477 e. The first-order valence-corrected chi connectivity index (χ1v) is 13.0. The second-order valence-electron chi connectivity index (χ2n) is 9.62. The molecule has 6 rings (SSSR count). The number of hydrogen-bond donors (Lipinski definition) is 1. The van der Waals surface area contributed by atoms with Crippen LogP contribution < -0.4 is 4.74 Å². The molecular formula is C29H20F3N7O4. The Kier molecular flexibility index (Phi) is 7.39. The van der Waals surface area contributed by atoms with Crippen molar-refractivity contribution in [2.75, 3.05) is 6.61 Å². The second-order valence-corrected chi connectivity index (χ2v) is 9.62. The number of fused-ring (bicyclic) bond motifs is 1. The van der Waals surface area contributed by atoms with E-state index in [-0.39, 0.29) is 46.6 Å². The van der Waals surface area contributed by atoms with Gasteiger partial charge in [-0.3, -0.25) is 4.98 Å². The topological polar surface area (TPSA) is 130 Å². The number of nitrogens with zero attached hydrogens (tertiary/aromatic N) is 7. The van der Waals surface area contributed by atoms with Gasteiger partial charge in [-0.1, -0.05) is 12.1 Å². The molecule has 4 aromatic heterocycles. The maximum absolute atomic E-state index is 15.4. The quantitative estimate of drug-likeness (QED) is 0.239. The fourth-order valence-electron chi connectivity index (χ4n) is 4.48. The van der Waals surface area contributed by atoms with E-state index in [1.54, 1.807) is 16.7 Å². The van der Waals surface area contributed by atoms with Crippen LogP contribution in [0.1, 0.15) is 34.0 Å². The number of halogens is 3. The molecule has 1 aliphatic rings. The Hall–Kier alpha value is -5.42. The van der Waals surface area contributed by atoms with Crippen LogP contribution in [-0.4, -0.2) is 53.3 Å². The van der Waals surface area contributed by atoms with Gasteiger partial charge in [0, 0.05) is 24.8 Å². The van der Waals surface area contributed by atoms with E-state index in [9.17, 15) is 18.7 Å². The number of imidazole rings is 1. The van der Waals surface area contributed by atoms with Crippen molar-refractivity contribution in [2.24, 2.45) is 0 Å². The standard InChI is InChI=1S/C29H20F3N7O4/c1-33-17-10-20(31)24(34-11-17)14-43-28-21(32)12-35-26(38-28)16-3-2-15(19(30)8-16)9-25-36-22-4-5-23(29(40)41)37-27(22)39(25)13-18-6-7-42-18/h2-5,8,10-12,18H,6-7,9,13-14H2,(H,40,41)/t18-/m0/s1. The summed E-state index contributed by atoms with van der Waals surface area (Å²) < 4.78 is 56.5. The van der Waals surface area contributed by atoms with Crippen molar-refractivity contribution in [1.82, 2.24) is 29.5 Å². The summed E-state index contributed by atoms with van der Waals surface area (Å²) in [6.45, 7) is 7.47. The summed E-state index contributed by atoms with van der Waals surface area (Å²) in [5.41, 5.74) is 1.10. The van der Waals surface area contributed by atoms with Gasteiger partial charge in [0.15, 0.2) is 17.2 Å². The maximum Gasteiger partial charge on any atom is 0.354 e. The molecule has 0 saturated carbocycles. The highest BCUT2D eigenvalue weighted by Crippen LogP contribution is 2.26. The summed E-state index contributed by atoms with van der Waals surface area (Å²) in [5, 5.41) is 9.38. The zero-order valence-corrected chi connectivity index (χ0v) is 22.2. The molecule has 0 aliphatic carbocycles. The molecule has 1 N–H and O–H groups in total. The van der Waals surface area contributed by atoms with E-state index in [0.29, 0.717) is 30.1 Å². The summed E-state index contributed by atoms with van der Waals surface area (Å²) in [5.74, 6) is -3.50. The molecule has 0 radical (unpaired) electrons. The Morgan fingerprint density at radius 3 is 2.60 bits per heavy atom. The smallest absolute Gasteiger partial charge is 0.354 e. The number of carboxylic acids is 1. The molecule has 216 valence electrons. The first kappa shape index (κ1) is 27.7.